The number of amides is 1. The van der Waals surface area contributed by atoms with Gasteiger partial charge in [0.15, 0.2) is 0 Å². The van der Waals surface area contributed by atoms with Crippen LogP contribution in [0.2, 0.25) is 5.02 Å². The number of nitrogens with two attached hydrogens (primary N) is 1. The molecule has 43 heavy (non-hydrogen) atoms. The first-order valence-electron chi connectivity index (χ1n) is 13.2. The first-order valence-corrected chi connectivity index (χ1v) is 13.5. The summed E-state index contributed by atoms with van der Waals surface area (Å²) in [7, 11) is 4.69. The van der Waals surface area contributed by atoms with Crippen molar-refractivity contribution in [3.8, 4) is 28.7 Å². The number of nitriles is 1. The van der Waals surface area contributed by atoms with Crippen molar-refractivity contribution in [1.29, 1.82) is 5.26 Å². The van der Waals surface area contributed by atoms with Crippen LogP contribution in [0.1, 0.15) is 19.4 Å². The van der Waals surface area contributed by atoms with E-state index in [0.29, 0.717) is 46.0 Å². The van der Waals surface area contributed by atoms with Gasteiger partial charge in [-0.1, -0.05) is 11.6 Å². The lowest BCUT2D eigenvalue weighted by Crippen LogP contribution is -2.30. The molecule has 0 fully saturated rings. The number of hydrogen-bond donors (Lipinski definition) is 3. The summed E-state index contributed by atoms with van der Waals surface area (Å²) in [5, 5.41) is 15.8. The second kappa shape index (κ2) is 12.9. The van der Waals surface area contributed by atoms with Crippen LogP contribution in [0.5, 0.6) is 11.5 Å². The third kappa shape index (κ3) is 7.09. The first kappa shape index (κ1) is 31.0. The number of pyridine rings is 2. The summed E-state index contributed by atoms with van der Waals surface area (Å²) in [4.78, 5) is 39.7. The summed E-state index contributed by atoms with van der Waals surface area (Å²) in [6.45, 7) is 3.59. The van der Waals surface area contributed by atoms with E-state index in [1.165, 1.54) is 26.5 Å². The van der Waals surface area contributed by atoms with Gasteiger partial charge in [-0.15, -0.1) is 0 Å². The Labute approximate surface area is 253 Å². The van der Waals surface area contributed by atoms with Gasteiger partial charge in [-0.05, 0) is 56.2 Å². The number of fused-ring (bicyclic) bond motifs is 1. The van der Waals surface area contributed by atoms with Crippen molar-refractivity contribution in [3.05, 3.63) is 75.3 Å². The normalized spacial score (nSPS) is 11.6. The summed E-state index contributed by atoms with van der Waals surface area (Å²) >= 11 is 6.65. The molecule has 3 aromatic heterocycles. The number of aromatic nitrogens is 4. The maximum absolute atomic E-state index is 14.0. The Kier molecular flexibility index (Phi) is 9.28. The van der Waals surface area contributed by atoms with Gasteiger partial charge in [0.25, 0.3) is 11.5 Å². The van der Waals surface area contributed by atoms with E-state index in [9.17, 15) is 14.9 Å². The summed E-state index contributed by atoms with van der Waals surface area (Å²) < 4.78 is 12.4. The van der Waals surface area contributed by atoms with Gasteiger partial charge in [0.2, 0.25) is 5.95 Å². The largest absolute Gasteiger partial charge is 0.497 e. The number of methoxy groups -OCH3 is 2. The lowest BCUT2D eigenvalue weighted by atomic mass is 10.0. The Balaban J connectivity index is 1.73. The third-order valence-corrected chi connectivity index (χ3v) is 6.77. The molecule has 0 saturated carbocycles. The van der Waals surface area contributed by atoms with Crippen molar-refractivity contribution in [3.63, 3.8) is 0 Å². The number of halogens is 1. The van der Waals surface area contributed by atoms with Gasteiger partial charge in [-0.25, -0.2) is 9.97 Å². The number of hydrogen-bond acceptors (Lipinski definition) is 10. The maximum atomic E-state index is 14.0. The zero-order chi connectivity index (χ0) is 31.3. The molecule has 13 heteroatoms. The Morgan fingerprint density at radius 2 is 1.95 bits per heavy atom. The molecule has 0 radical (unpaired) electrons. The van der Waals surface area contributed by atoms with E-state index in [4.69, 9.17) is 26.8 Å². The average Bonchev–Trinajstić information content (AvgIpc) is 2.98. The van der Waals surface area contributed by atoms with Crippen molar-refractivity contribution in [2.45, 2.75) is 32.4 Å². The number of nitrogens with one attached hydrogen (secondary N) is 2. The lowest BCUT2D eigenvalue weighted by Gasteiger charge is -2.16. The van der Waals surface area contributed by atoms with Crippen LogP contribution in [0.25, 0.3) is 22.2 Å². The highest BCUT2D eigenvalue weighted by atomic mass is 35.5. The topological polar surface area (TPSA) is 170 Å². The van der Waals surface area contributed by atoms with E-state index in [1.807, 2.05) is 6.07 Å². The molecule has 1 aromatic carbocycles. The molecule has 12 nitrogen and oxygen atoms in total. The van der Waals surface area contributed by atoms with Gasteiger partial charge in [0.05, 0.1) is 19.2 Å². The van der Waals surface area contributed by atoms with Crippen molar-refractivity contribution < 1.29 is 14.3 Å². The fourth-order valence-corrected chi connectivity index (χ4v) is 4.65. The Bertz CT molecular complexity index is 1820. The average molecular weight is 603 g/mol. The smallest absolute Gasteiger partial charge is 0.267 e. The van der Waals surface area contributed by atoms with Crippen LogP contribution < -0.4 is 31.4 Å². The van der Waals surface area contributed by atoms with Crippen LogP contribution in [0.3, 0.4) is 0 Å². The molecule has 222 valence electrons. The van der Waals surface area contributed by atoms with Crippen LogP contribution in [-0.4, -0.2) is 52.2 Å². The number of rotatable bonds is 10. The van der Waals surface area contributed by atoms with E-state index in [1.54, 1.807) is 62.0 Å². The zero-order valence-electron chi connectivity index (χ0n) is 24.4. The number of carbonyl (C=O) groups is 1. The lowest BCUT2D eigenvalue weighted by molar-refractivity contribution is -0.112. The van der Waals surface area contributed by atoms with Gasteiger partial charge < -0.3 is 25.8 Å². The minimum absolute atomic E-state index is 0.123. The summed E-state index contributed by atoms with van der Waals surface area (Å²) in [5.41, 5.74) is 6.59. The van der Waals surface area contributed by atoms with E-state index < -0.39 is 11.4 Å². The molecular formula is C30H31ClN8O4. The Morgan fingerprint density at radius 3 is 2.60 bits per heavy atom. The number of anilines is 2. The molecule has 4 N–H and O–H groups in total. The number of carbonyl (C=O) groups excluding carboxylic acids is 1. The summed E-state index contributed by atoms with van der Waals surface area (Å²) in [5.74, 6) is 0.812. The molecule has 0 aliphatic carbocycles. The molecule has 0 unspecified atom stereocenters. The standard InChI is InChI=1S/C30H31ClN8O4/c1-30(2,33)14-19(15-32)27(40)37-24-10-17(6-8-35-24)7-9-39-26-18(16-36-29(34-3)38-26)11-22(28(39)41)21-12-20(42-4)13-23(43-5)25(21)31/h6,8,10-14,16H,7,9,33H2,1-5H3,(H,34,36,38)(H,35,37,40). The Hall–Kier alpha value is -4.99. The van der Waals surface area contributed by atoms with E-state index in [-0.39, 0.29) is 28.5 Å². The van der Waals surface area contributed by atoms with Gasteiger partial charge in [0.1, 0.15) is 34.6 Å². The molecular weight excluding hydrogens is 572 g/mol. The Morgan fingerprint density at radius 1 is 1.19 bits per heavy atom. The van der Waals surface area contributed by atoms with Crippen molar-refractivity contribution in [2.24, 2.45) is 5.73 Å². The minimum Gasteiger partial charge on any atom is -0.497 e. The van der Waals surface area contributed by atoms with E-state index in [0.717, 1.165) is 5.56 Å². The predicted octanol–water partition coefficient (Wildman–Crippen LogP) is 3.93. The highest BCUT2D eigenvalue weighted by molar-refractivity contribution is 6.35. The fraction of sp³-hybridized carbons (Fsp3) is 0.267. The molecule has 0 bridgehead atoms. The van der Waals surface area contributed by atoms with Crippen LogP contribution in [0.4, 0.5) is 11.8 Å². The molecule has 1 amide bonds. The van der Waals surface area contributed by atoms with Crippen LogP contribution >= 0.6 is 11.6 Å². The molecule has 0 aliphatic heterocycles. The number of ether oxygens (including phenoxy) is 2. The second-order valence-electron chi connectivity index (χ2n) is 10.2. The van der Waals surface area contributed by atoms with Crippen molar-refractivity contribution in [2.75, 3.05) is 31.9 Å². The van der Waals surface area contributed by atoms with Crippen LogP contribution in [0, 0.1) is 11.3 Å². The zero-order valence-corrected chi connectivity index (χ0v) is 25.1. The minimum atomic E-state index is -0.848. The molecule has 0 aliphatic rings. The van der Waals surface area contributed by atoms with Crippen molar-refractivity contribution >= 4 is 40.3 Å². The first-order chi connectivity index (χ1) is 20.5. The predicted molar refractivity (Wildman–Crippen MR) is 165 cm³/mol. The highest BCUT2D eigenvalue weighted by Crippen LogP contribution is 2.38. The van der Waals surface area contributed by atoms with Gasteiger partial charge in [0, 0.05) is 54.1 Å². The molecule has 4 rings (SSSR count). The van der Waals surface area contributed by atoms with Gasteiger partial charge in [-0.2, -0.15) is 10.2 Å². The summed E-state index contributed by atoms with van der Waals surface area (Å²) in [6, 6.07) is 10.3. The third-order valence-electron chi connectivity index (χ3n) is 6.38. The molecule has 0 spiro atoms. The molecule has 4 aromatic rings. The van der Waals surface area contributed by atoms with E-state index in [2.05, 4.69) is 25.6 Å². The number of benzene rings is 1. The monoisotopic (exact) mass is 602 g/mol. The highest BCUT2D eigenvalue weighted by Gasteiger charge is 2.20. The second-order valence-corrected chi connectivity index (χ2v) is 10.6. The SMILES string of the molecule is CNc1ncc2cc(-c3cc(OC)cc(OC)c3Cl)c(=O)n(CCc3ccnc(NC(=O)C(C#N)=CC(C)(C)N)c3)c2n1. The van der Waals surface area contributed by atoms with Crippen LogP contribution in [-0.2, 0) is 17.8 Å². The summed E-state index contributed by atoms with van der Waals surface area (Å²) in [6.07, 6.45) is 4.94. The quantitative estimate of drug-likeness (QED) is 0.178. The maximum Gasteiger partial charge on any atom is 0.267 e. The van der Waals surface area contributed by atoms with E-state index >= 15 is 0 Å². The number of nitrogens with zero attached hydrogens (tertiary/aromatic N) is 5. The van der Waals surface area contributed by atoms with Crippen molar-refractivity contribution in [1.82, 2.24) is 19.5 Å². The van der Waals surface area contributed by atoms with Crippen LogP contribution in [0.15, 0.2) is 59.2 Å². The molecule has 3 heterocycles. The van der Waals surface area contributed by atoms with Gasteiger partial charge >= 0.3 is 0 Å². The molecule has 0 saturated heterocycles. The fourth-order valence-electron chi connectivity index (χ4n) is 4.36. The number of aryl methyl sites for hydroxylation is 2. The van der Waals surface area contributed by atoms with Gasteiger partial charge in [-0.3, -0.25) is 14.2 Å². The molecule has 0 atom stereocenters.